The largest absolute Gasteiger partial charge is 0.465 e. The van der Waals surface area contributed by atoms with E-state index < -0.39 is 16.3 Å². The van der Waals surface area contributed by atoms with Gasteiger partial charge in [0, 0.05) is 6.07 Å². The molecule has 1 unspecified atom stereocenters. The van der Waals surface area contributed by atoms with Crippen LogP contribution in [0.1, 0.15) is 25.0 Å². The molecule has 6 heteroatoms. The molecule has 0 saturated heterocycles. The summed E-state index contributed by atoms with van der Waals surface area (Å²) in [7, 11) is 0. The van der Waals surface area contributed by atoms with Gasteiger partial charge in [0.15, 0.2) is 5.41 Å². The molecule has 0 aliphatic rings. The van der Waals surface area contributed by atoms with Gasteiger partial charge in [-0.05, 0) is 26.8 Å². The zero-order chi connectivity index (χ0) is 14.6. The number of aryl methyl sites for hydroxylation is 1. The number of benzene rings is 1. The summed E-state index contributed by atoms with van der Waals surface area (Å²) in [6.07, 6.45) is 0. The molecule has 1 aromatic rings. The van der Waals surface area contributed by atoms with Crippen LogP contribution in [0.4, 0.5) is 5.69 Å². The summed E-state index contributed by atoms with van der Waals surface area (Å²) in [6, 6.07) is 6.14. The highest BCUT2D eigenvalue weighted by atomic mass is 16.6. The molecule has 6 nitrogen and oxygen atoms in total. The number of esters is 1. The molecule has 19 heavy (non-hydrogen) atoms. The molecule has 0 fully saturated rings. The van der Waals surface area contributed by atoms with E-state index in [0.717, 1.165) is 5.56 Å². The van der Waals surface area contributed by atoms with E-state index in [1.807, 2.05) is 6.07 Å². The second-order valence-corrected chi connectivity index (χ2v) is 4.23. The molecule has 0 aromatic heterocycles. The molecule has 1 atom stereocenters. The molecule has 0 heterocycles. The molecule has 0 aliphatic carbocycles. The van der Waals surface area contributed by atoms with Crippen LogP contribution in [0.5, 0.6) is 0 Å². The minimum absolute atomic E-state index is 0.0541. The molecule has 0 bridgehead atoms. The minimum Gasteiger partial charge on any atom is -0.465 e. The third-order valence-corrected chi connectivity index (χ3v) is 2.79. The summed E-state index contributed by atoms with van der Waals surface area (Å²) in [4.78, 5) is 22.3. The average molecular weight is 262 g/mol. The Morgan fingerprint density at radius 2 is 2.21 bits per heavy atom. The van der Waals surface area contributed by atoms with Crippen LogP contribution in [0.15, 0.2) is 18.2 Å². The molecule has 1 aromatic carbocycles. The number of nitriles is 1. The van der Waals surface area contributed by atoms with Crippen molar-refractivity contribution in [2.75, 3.05) is 6.61 Å². The Bertz CT molecular complexity index is 562. The number of nitro benzene ring substituents is 1. The van der Waals surface area contributed by atoms with Gasteiger partial charge in [-0.25, -0.2) is 4.79 Å². The van der Waals surface area contributed by atoms with Crippen LogP contribution in [0.3, 0.4) is 0 Å². The smallest absolute Gasteiger partial charge is 0.331 e. The van der Waals surface area contributed by atoms with E-state index in [4.69, 9.17) is 4.74 Å². The van der Waals surface area contributed by atoms with Gasteiger partial charge in [-0.2, -0.15) is 5.26 Å². The lowest BCUT2D eigenvalue weighted by Crippen LogP contribution is -2.33. The Balaban J connectivity index is 3.48. The molecule has 0 aliphatic heterocycles. The van der Waals surface area contributed by atoms with Gasteiger partial charge in [-0.3, -0.25) is 10.1 Å². The number of nitro groups is 1. The Hall–Kier alpha value is -2.42. The maximum atomic E-state index is 11.9. The first-order valence-corrected chi connectivity index (χ1v) is 5.70. The monoisotopic (exact) mass is 262 g/mol. The number of carbonyl (C=O) groups excluding carboxylic acids is 1. The van der Waals surface area contributed by atoms with Crippen molar-refractivity contribution in [1.82, 2.24) is 0 Å². The fourth-order valence-corrected chi connectivity index (χ4v) is 1.70. The normalized spacial score (nSPS) is 13.2. The summed E-state index contributed by atoms with van der Waals surface area (Å²) in [6.45, 7) is 4.78. The lowest BCUT2D eigenvalue weighted by Gasteiger charge is -2.20. The summed E-state index contributed by atoms with van der Waals surface area (Å²) in [5, 5.41) is 20.3. The van der Waals surface area contributed by atoms with Crippen molar-refractivity contribution in [3.63, 3.8) is 0 Å². The Morgan fingerprint density at radius 3 is 2.68 bits per heavy atom. The maximum absolute atomic E-state index is 11.9. The number of ether oxygens (including phenoxy) is 1. The van der Waals surface area contributed by atoms with Crippen molar-refractivity contribution >= 4 is 11.7 Å². The second-order valence-electron chi connectivity index (χ2n) is 4.23. The quantitative estimate of drug-likeness (QED) is 0.471. The van der Waals surface area contributed by atoms with E-state index in [1.165, 1.54) is 19.1 Å². The summed E-state index contributed by atoms with van der Waals surface area (Å²) >= 11 is 0. The molecule has 0 amide bonds. The standard InChI is InChI=1S/C13H14N2O4/c1-4-19-12(16)13(3,8-14)10-7-9(2)5-6-11(10)15(17)18/h5-7H,4H2,1-3H3. The van der Waals surface area contributed by atoms with Crippen molar-refractivity contribution in [1.29, 1.82) is 5.26 Å². The number of carbonyl (C=O) groups is 1. The minimum atomic E-state index is -1.69. The van der Waals surface area contributed by atoms with Crippen LogP contribution in [0.25, 0.3) is 0 Å². The van der Waals surface area contributed by atoms with E-state index in [1.54, 1.807) is 19.9 Å². The van der Waals surface area contributed by atoms with Crippen LogP contribution >= 0.6 is 0 Å². The molecule has 100 valence electrons. The zero-order valence-corrected chi connectivity index (χ0v) is 11.0. The molecule has 0 spiro atoms. The Labute approximate surface area is 110 Å². The van der Waals surface area contributed by atoms with Gasteiger partial charge in [0.2, 0.25) is 0 Å². The fraction of sp³-hybridized carbons (Fsp3) is 0.385. The predicted molar refractivity (Wildman–Crippen MR) is 67.4 cm³/mol. The first-order chi connectivity index (χ1) is 8.86. The molecular weight excluding hydrogens is 248 g/mol. The van der Waals surface area contributed by atoms with Crippen molar-refractivity contribution < 1.29 is 14.5 Å². The average Bonchev–Trinajstić information content (AvgIpc) is 2.37. The van der Waals surface area contributed by atoms with Gasteiger partial charge < -0.3 is 4.74 Å². The van der Waals surface area contributed by atoms with Gasteiger partial charge >= 0.3 is 5.97 Å². The fourth-order valence-electron chi connectivity index (χ4n) is 1.70. The molecular formula is C13H14N2O4. The van der Waals surface area contributed by atoms with Crippen molar-refractivity contribution in [3.8, 4) is 6.07 Å². The van der Waals surface area contributed by atoms with Gasteiger partial charge in [-0.1, -0.05) is 11.6 Å². The van der Waals surface area contributed by atoms with Crippen LogP contribution in [0.2, 0.25) is 0 Å². The van der Waals surface area contributed by atoms with Gasteiger partial charge in [0.25, 0.3) is 5.69 Å². The van der Waals surface area contributed by atoms with E-state index >= 15 is 0 Å². The Morgan fingerprint density at radius 1 is 1.58 bits per heavy atom. The lowest BCUT2D eigenvalue weighted by molar-refractivity contribution is -0.385. The highest BCUT2D eigenvalue weighted by Gasteiger charge is 2.42. The maximum Gasteiger partial charge on any atom is 0.331 e. The SMILES string of the molecule is CCOC(=O)C(C)(C#N)c1cc(C)ccc1[N+](=O)[O-]. The highest BCUT2D eigenvalue weighted by Crippen LogP contribution is 2.33. The Kier molecular flexibility index (Phi) is 4.22. The number of nitrogens with zero attached hydrogens (tertiary/aromatic N) is 2. The first kappa shape index (κ1) is 14.6. The van der Waals surface area contributed by atoms with Gasteiger partial charge in [0.1, 0.15) is 0 Å². The second kappa shape index (κ2) is 5.48. The van der Waals surface area contributed by atoms with E-state index in [-0.39, 0.29) is 17.9 Å². The summed E-state index contributed by atoms with van der Waals surface area (Å²) in [5.41, 5.74) is -1.17. The van der Waals surface area contributed by atoms with E-state index in [9.17, 15) is 20.2 Å². The summed E-state index contributed by atoms with van der Waals surface area (Å²) in [5.74, 6) is -0.786. The van der Waals surface area contributed by atoms with E-state index in [2.05, 4.69) is 0 Å². The van der Waals surface area contributed by atoms with Gasteiger partial charge in [-0.15, -0.1) is 0 Å². The molecule has 0 saturated carbocycles. The summed E-state index contributed by atoms with van der Waals surface area (Å²) < 4.78 is 4.84. The zero-order valence-electron chi connectivity index (χ0n) is 11.0. The van der Waals surface area contributed by atoms with Crippen molar-refractivity contribution in [2.24, 2.45) is 0 Å². The molecule has 0 N–H and O–H groups in total. The highest BCUT2D eigenvalue weighted by molar-refractivity contribution is 5.87. The first-order valence-electron chi connectivity index (χ1n) is 5.70. The van der Waals surface area contributed by atoms with Crippen LogP contribution in [-0.4, -0.2) is 17.5 Å². The molecule has 0 radical (unpaired) electrons. The lowest BCUT2D eigenvalue weighted by atomic mass is 9.82. The topological polar surface area (TPSA) is 93.2 Å². The van der Waals surface area contributed by atoms with Gasteiger partial charge in [0.05, 0.1) is 23.2 Å². The van der Waals surface area contributed by atoms with Crippen molar-refractivity contribution in [2.45, 2.75) is 26.2 Å². The van der Waals surface area contributed by atoms with Crippen LogP contribution in [0, 0.1) is 28.4 Å². The number of rotatable bonds is 4. The molecule has 1 rings (SSSR count). The van der Waals surface area contributed by atoms with E-state index in [0.29, 0.717) is 0 Å². The third kappa shape index (κ3) is 2.71. The van der Waals surface area contributed by atoms with Crippen LogP contribution in [-0.2, 0) is 14.9 Å². The number of hydrogen-bond donors (Lipinski definition) is 0. The van der Waals surface area contributed by atoms with Crippen molar-refractivity contribution in [3.05, 3.63) is 39.4 Å². The number of hydrogen-bond acceptors (Lipinski definition) is 5. The predicted octanol–water partition coefficient (Wildman–Crippen LogP) is 2.25. The van der Waals surface area contributed by atoms with Crippen LogP contribution < -0.4 is 0 Å². The third-order valence-electron chi connectivity index (χ3n) is 2.79.